The summed E-state index contributed by atoms with van der Waals surface area (Å²) in [5.41, 5.74) is 5.01. The van der Waals surface area contributed by atoms with Crippen LogP contribution < -0.4 is 14.8 Å². The molecule has 1 aliphatic rings. The van der Waals surface area contributed by atoms with Crippen LogP contribution >= 0.6 is 0 Å². The zero-order valence-corrected chi connectivity index (χ0v) is 19.7. The van der Waals surface area contributed by atoms with Crippen molar-refractivity contribution in [2.75, 3.05) is 20.8 Å². The predicted molar refractivity (Wildman–Crippen MR) is 125 cm³/mol. The maximum Gasteiger partial charge on any atom is 0.220 e. The molecule has 0 unspecified atom stereocenters. The van der Waals surface area contributed by atoms with Crippen molar-refractivity contribution >= 4 is 5.91 Å². The van der Waals surface area contributed by atoms with Gasteiger partial charge in [-0.05, 0) is 55.0 Å². The number of aryl methyl sites for hydroxylation is 1. The Hall–Kier alpha value is -2.53. The lowest BCUT2D eigenvalue weighted by molar-refractivity contribution is -0.122. The number of hydrogen-bond donors (Lipinski definition) is 1. The Labute approximate surface area is 186 Å². The minimum Gasteiger partial charge on any atom is -0.493 e. The molecular weight excluding hydrogens is 388 g/mol. The van der Waals surface area contributed by atoms with Gasteiger partial charge in [-0.2, -0.15) is 0 Å². The van der Waals surface area contributed by atoms with E-state index in [9.17, 15) is 4.79 Å². The molecule has 31 heavy (non-hydrogen) atoms. The van der Waals surface area contributed by atoms with Gasteiger partial charge < -0.3 is 14.8 Å². The van der Waals surface area contributed by atoms with Crippen LogP contribution in [0.25, 0.3) is 0 Å². The van der Waals surface area contributed by atoms with Gasteiger partial charge in [0.05, 0.1) is 20.3 Å². The zero-order chi connectivity index (χ0) is 22.5. The smallest absolute Gasteiger partial charge is 0.220 e. The summed E-state index contributed by atoms with van der Waals surface area (Å²) in [6.07, 6.45) is 1.47. The van der Waals surface area contributed by atoms with Gasteiger partial charge in [0.15, 0.2) is 11.5 Å². The van der Waals surface area contributed by atoms with Crippen LogP contribution in [-0.4, -0.2) is 37.6 Å². The molecule has 5 heteroatoms. The van der Waals surface area contributed by atoms with E-state index >= 15 is 0 Å². The molecule has 0 saturated carbocycles. The van der Waals surface area contributed by atoms with Crippen molar-refractivity contribution in [2.24, 2.45) is 5.92 Å². The Balaban J connectivity index is 1.96. The Morgan fingerprint density at radius 3 is 2.48 bits per heavy atom. The minimum atomic E-state index is -0.0341. The monoisotopic (exact) mass is 424 g/mol. The summed E-state index contributed by atoms with van der Waals surface area (Å²) in [6.45, 7) is 10.1. The summed E-state index contributed by atoms with van der Waals surface area (Å²) < 4.78 is 11.1. The molecule has 1 N–H and O–H groups in total. The molecule has 0 radical (unpaired) electrons. The van der Waals surface area contributed by atoms with E-state index in [4.69, 9.17) is 9.47 Å². The summed E-state index contributed by atoms with van der Waals surface area (Å²) in [7, 11) is 3.34. The molecule has 2 aromatic carbocycles. The Kier molecular flexibility index (Phi) is 7.60. The predicted octanol–water partition coefficient (Wildman–Crippen LogP) is 4.66. The molecule has 1 aliphatic heterocycles. The number of carbonyl (C=O) groups excluding carboxylic acids is 1. The maximum absolute atomic E-state index is 12.6. The molecule has 0 spiro atoms. The molecule has 0 fully saturated rings. The van der Waals surface area contributed by atoms with Gasteiger partial charge in [-0.15, -0.1) is 0 Å². The lowest BCUT2D eigenvalue weighted by atomic mass is 9.87. The van der Waals surface area contributed by atoms with Crippen LogP contribution in [0.4, 0.5) is 0 Å². The normalized spacial score (nSPS) is 17.2. The van der Waals surface area contributed by atoms with E-state index in [0.29, 0.717) is 12.3 Å². The molecular formula is C26H36N2O3. The largest absolute Gasteiger partial charge is 0.493 e. The van der Waals surface area contributed by atoms with Crippen LogP contribution in [0.1, 0.15) is 55.5 Å². The molecule has 5 nitrogen and oxygen atoms in total. The summed E-state index contributed by atoms with van der Waals surface area (Å²) in [4.78, 5) is 15.1. The number of ether oxygens (including phenoxy) is 2. The van der Waals surface area contributed by atoms with E-state index in [1.807, 2.05) is 0 Å². The Morgan fingerprint density at radius 2 is 1.84 bits per heavy atom. The number of hydrogen-bond acceptors (Lipinski definition) is 4. The molecule has 0 bridgehead atoms. The van der Waals surface area contributed by atoms with Gasteiger partial charge >= 0.3 is 0 Å². The maximum atomic E-state index is 12.6. The van der Waals surface area contributed by atoms with E-state index < -0.39 is 0 Å². The van der Waals surface area contributed by atoms with Crippen LogP contribution in [0, 0.1) is 12.8 Å². The van der Waals surface area contributed by atoms with Gasteiger partial charge in [0, 0.05) is 25.6 Å². The van der Waals surface area contributed by atoms with Crippen LogP contribution in [0.5, 0.6) is 11.5 Å². The second-order valence-electron chi connectivity index (χ2n) is 9.01. The van der Waals surface area contributed by atoms with E-state index in [1.165, 1.54) is 22.3 Å². The molecule has 0 aromatic heterocycles. The number of nitrogens with zero attached hydrogens (tertiary/aromatic N) is 1. The summed E-state index contributed by atoms with van der Waals surface area (Å²) in [6, 6.07) is 12.9. The van der Waals surface area contributed by atoms with Crippen LogP contribution in [-0.2, 0) is 17.8 Å². The number of methoxy groups -OCH3 is 2. The second kappa shape index (κ2) is 10.2. The van der Waals surface area contributed by atoms with E-state index in [1.54, 1.807) is 14.2 Å². The number of benzene rings is 2. The first-order valence-corrected chi connectivity index (χ1v) is 11.2. The highest BCUT2D eigenvalue weighted by Crippen LogP contribution is 2.40. The van der Waals surface area contributed by atoms with Crippen LogP contribution in [0.2, 0.25) is 0 Å². The number of amides is 1. The van der Waals surface area contributed by atoms with Crippen molar-refractivity contribution < 1.29 is 14.3 Å². The number of fused-ring (bicyclic) bond motifs is 1. The fraction of sp³-hybridized carbons (Fsp3) is 0.500. The molecule has 3 rings (SSSR count). The molecule has 1 amide bonds. The number of nitrogens with one attached hydrogen (secondary N) is 1. The van der Waals surface area contributed by atoms with Crippen LogP contribution in [0.15, 0.2) is 36.4 Å². The average Bonchev–Trinajstić information content (AvgIpc) is 2.71. The van der Waals surface area contributed by atoms with E-state index in [-0.39, 0.29) is 18.0 Å². The third-order valence-electron chi connectivity index (χ3n) is 5.95. The highest BCUT2D eigenvalue weighted by molar-refractivity contribution is 5.76. The molecule has 0 saturated heterocycles. The lowest BCUT2D eigenvalue weighted by Gasteiger charge is -2.41. The highest BCUT2D eigenvalue weighted by atomic mass is 16.5. The molecule has 2 aromatic rings. The Bertz CT molecular complexity index is 910. The lowest BCUT2D eigenvalue weighted by Crippen LogP contribution is -2.47. The van der Waals surface area contributed by atoms with E-state index in [0.717, 1.165) is 31.0 Å². The molecule has 0 aliphatic carbocycles. The second-order valence-corrected chi connectivity index (χ2v) is 9.01. The molecule has 2 atom stereocenters. The topological polar surface area (TPSA) is 50.8 Å². The summed E-state index contributed by atoms with van der Waals surface area (Å²) in [5, 5.41) is 3.26. The fourth-order valence-corrected chi connectivity index (χ4v) is 4.60. The van der Waals surface area contributed by atoms with Gasteiger partial charge in [-0.25, -0.2) is 0 Å². The van der Waals surface area contributed by atoms with Gasteiger partial charge in [0.1, 0.15) is 0 Å². The van der Waals surface area contributed by atoms with Crippen molar-refractivity contribution in [1.29, 1.82) is 0 Å². The highest BCUT2D eigenvalue weighted by Gasteiger charge is 2.33. The van der Waals surface area contributed by atoms with Gasteiger partial charge in [0.25, 0.3) is 0 Å². The van der Waals surface area contributed by atoms with E-state index in [2.05, 4.69) is 74.3 Å². The van der Waals surface area contributed by atoms with Gasteiger partial charge in [0.2, 0.25) is 5.91 Å². The van der Waals surface area contributed by atoms with Crippen molar-refractivity contribution in [2.45, 2.75) is 59.2 Å². The summed E-state index contributed by atoms with van der Waals surface area (Å²) in [5.74, 6) is 1.91. The van der Waals surface area contributed by atoms with Gasteiger partial charge in [-0.1, -0.05) is 43.7 Å². The SMILES string of the molecule is COc1cc2c(cc1OC)[C@H]([C@H](C)NC(=O)CC(C)C)N(Cc1cccc(C)c1)CC2. The van der Waals surface area contributed by atoms with Crippen molar-refractivity contribution in [1.82, 2.24) is 10.2 Å². The minimum absolute atomic E-state index is 0.0341. The first kappa shape index (κ1) is 23.1. The first-order valence-electron chi connectivity index (χ1n) is 11.2. The standard InChI is InChI=1S/C26H36N2O3/c1-17(2)12-25(29)27-19(4)26-22-15-24(31-6)23(30-5)14-21(22)10-11-28(26)16-20-9-7-8-18(3)13-20/h7-9,13-15,17,19,26H,10-12,16H2,1-6H3,(H,27,29)/t19-,26-/m0/s1. The van der Waals surface area contributed by atoms with Gasteiger partial charge in [-0.3, -0.25) is 9.69 Å². The zero-order valence-electron chi connectivity index (χ0n) is 19.7. The van der Waals surface area contributed by atoms with Crippen LogP contribution in [0.3, 0.4) is 0 Å². The number of carbonyl (C=O) groups is 1. The Morgan fingerprint density at radius 1 is 1.13 bits per heavy atom. The van der Waals surface area contributed by atoms with Crippen molar-refractivity contribution in [3.63, 3.8) is 0 Å². The number of rotatable bonds is 8. The summed E-state index contributed by atoms with van der Waals surface area (Å²) >= 11 is 0. The molecule has 1 heterocycles. The third-order valence-corrected chi connectivity index (χ3v) is 5.95. The van der Waals surface area contributed by atoms with Crippen molar-refractivity contribution in [3.8, 4) is 11.5 Å². The molecule has 168 valence electrons. The van der Waals surface area contributed by atoms with Crippen molar-refractivity contribution in [3.05, 3.63) is 58.7 Å². The fourth-order valence-electron chi connectivity index (χ4n) is 4.60. The first-order chi connectivity index (χ1) is 14.8. The average molecular weight is 425 g/mol. The quantitative estimate of drug-likeness (QED) is 0.669. The third kappa shape index (κ3) is 5.59.